The number of benzene rings is 1. The van der Waals surface area contributed by atoms with E-state index >= 15 is 0 Å². The highest BCUT2D eigenvalue weighted by atomic mass is 35.5. The first kappa shape index (κ1) is 17.0. The van der Waals surface area contributed by atoms with Gasteiger partial charge in [-0.25, -0.2) is 0 Å². The predicted molar refractivity (Wildman–Crippen MR) is 82.3 cm³/mol. The standard InChI is InChI=1S/C15H22N2O2.ClH/c1-12(13-5-3-2-4-6-13)10-17-15(18)9-14-11-16-7-8-19-14;/h2-6,12,14,16H,7-11H2,1H3,(H,17,18);1H. The third-order valence-electron chi connectivity index (χ3n) is 3.39. The Hall–Kier alpha value is -1.10. The topological polar surface area (TPSA) is 50.4 Å². The van der Waals surface area contributed by atoms with Crippen molar-refractivity contribution in [1.82, 2.24) is 10.6 Å². The monoisotopic (exact) mass is 298 g/mol. The van der Waals surface area contributed by atoms with E-state index in [0.717, 1.165) is 13.1 Å². The molecule has 1 aromatic rings. The molecule has 2 atom stereocenters. The molecule has 0 radical (unpaired) electrons. The summed E-state index contributed by atoms with van der Waals surface area (Å²) in [4.78, 5) is 11.8. The molecule has 0 spiro atoms. The summed E-state index contributed by atoms with van der Waals surface area (Å²) in [5.74, 6) is 0.395. The zero-order valence-electron chi connectivity index (χ0n) is 11.8. The van der Waals surface area contributed by atoms with E-state index in [2.05, 4.69) is 29.7 Å². The first-order valence-corrected chi connectivity index (χ1v) is 6.89. The Bertz CT molecular complexity index is 394. The van der Waals surface area contributed by atoms with Crippen LogP contribution in [0.5, 0.6) is 0 Å². The van der Waals surface area contributed by atoms with Crippen LogP contribution in [0.3, 0.4) is 0 Å². The van der Waals surface area contributed by atoms with Crippen LogP contribution < -0.4 is 10.6 Å². The number of nitrogens with one attached hydrogen (secondary N) is 2. The average molecular weight is 299 g/mol. The Morgan fingerprint density at radius 1 is 1.45 bits per heavy atom. The lowest BCUT2D eigenvalue weighted by Crippen LogP contribution is -2.41. The molecule has 1 aromatic carbocycles. The van der Waals surface area contributed by atoms with E-state index in [0.29, 0.717) is 25.5 Å². The molecule has 20 heavy (non-hydrogen) atoms. The van der Waals surface area contributed by atoms with Crippen LogP contribution >= 0.6 is 12.4 Å². The molecule has 0 bridgehead atoms. The van der Waals surface area contributed by atoms with E-state index in [1.54, 1.807) is 0 Å². The van der Waals surface area contributed by atoms with Gasteiger partial charge in [0.05, 0.1) is 19.1 Å². The molecule has 1 fully saturated rings. The van der Waals surface area contributed by atoms with Crippen molar-refractivity contribution in [3.05, 3.63) is 35.9 Å². The number of carbonyl (C=O) groups is 1. The summed E-state index contributed by atoms with van der Waals surface area (Å²) >= 11 is 0. The van der Waals surface area contributed by atoms with Crippen molar-refractivity contribution < 1.29 is 9.53 Å². The maximum Gasteiger partial charge on any atom is 0.222 e. The number of ether oxygens (including phenoxy) is 1. The molecule has 1 saturated heterocycles. The second kappa shape index (κ2) is 8.95. The van der Waals surface area contributed by atoms with Crippen molar-refractivity contribution in [1.29, 1.82) is 0 Å². The molecule has 2 N–H and O–H groups in total. The van der Waals surface area contributed by atoms with Crippen LogP contribution in [0.25, 0.3) is 0 Å². The number of amides is 1. The maximum absolute atomic E-state index is 11.8. The van der Waals surface area contributed by atoms with E-state index in [1.807, 2.05) is 18.2 Å². The zero-order chi connectivity index (χ0) is 13.5. The summed E-state index contributed by atoms with van der Waals surface area (Å²) in [7, 11) is 0. The first-order chi connectivity index (χ1) is 9.25. The second-order valence-electron chi connectivity index (χ2n) is 5.02. The van der Waals surface area contributed by atoms with Crippen molar-refractivity contribution in [3.63, 3.8) is 0 Å². The quantitative estimate of drug-likeness (QED) is 0.870. The second-order valence-corrected chi connectivity index (χ2v) is 5.02. The Morgan fingerprint density at radius 3 is 2.85 bits per heavy atom. The maximum atomic E-state index is 11.8. The largest absolute Gasteiger partial charge is 0.375 e. The molecule has 0 aromatic heterocycles. The van der Waals surface area contributed by atoms with Crippen LogP contribution in [0.15, 0.2) is 30.3 Å². The van der Waals surface area contributed by atoms with Gasteiger partial charge in [-0.15, -0.1) is 12.4 Å². The number of hydrogen-bond donors (Lipinski definition) is 2. The van der Waals surface area contributed by atoms with Crippen molar-refractivity contribution in [2.75, 3.05) is 26.2 Å². The van der Waals surface area contributed by atoms with Gasteiger partial charge in [0.2, 0.25) is 5.91 Å². The lowest BCUT2D eigenvalue weighted by Gasteiger charge is -2.23. The smallest absolute Gasteiger partial charge is 0.222 e. The Kier molecular flexibility index (Phi) is 7.59. The van der Waals surface area contributed by atoms with Crippen LogP contribution in [-0.2, 0) is 9.53 Å². The fraction of sp³-hybridized carbons (Fsp3) is 0.533. The summed E-state index contributed by atoms with van der Waals surface area (Å²) in [5.41, 5.74) is 1.25. The molecule has 1 amide bonds. The molecule has 2 rings (SSSR count). The number of morpholine rings is 1. The Morgan fingerprint density at radius 2 is 2.20 bits per heavy atom. The van der Waals surface area contributed by atoms with Gasteiger partial charge in [-0.1, -0.05) is 37.3 Å². The van der Waals surface area contributed by atoms with Crippen molar-refractivity contribution in [2.45, 2.75) is 25.4 Å². The SMILES string of the molecule is CC(CNC(=O)CC1CNCCO1)c1ccccc1.Cl. The van der Waals surface area contributed by atoms with Crippen LogP contribution in [0.4, 0.5) is 0 Å². The number of halogens is 1. The van der Waals surface area contributed by atoms with Crippen LogP contribution in [0.2, 0.25) is 0 Å². The van der Waals surface area contributed by atoms with Gasteiger partial charge in [-0.05, 0) is 11.5 Å². The van der Waals surface area contributed by atoms with Gasteiger partial charge in [-0.3, -0.25) is 4.79 Å². The lowest BCUT2D eigenvalue weighted by molar-refractivity contribution is -0.124. The Balaban J connectivity index is 0.00000200. The van der Waals surface area contributed by atoms with E-state index in [9.17, 15) is 4.79 Å². The molecular formula is C15H23ClN2O2. The predicted octanol–water partition coefficient (Wildman–Crippen LogP) is 1.71. The molecule has 1 aliphatic heterocycles. The molecule has 1 aliphatic rings. The zero-order valence-corrected chi connectivity index (χ0v) is 12.6. The van der Waals surface area contributed by atoms with Crippen LogP contribution in [0, 0.1) is 0 Å². The number of carbonyl (C=O) groups excluding carboxylic acids is 1. The normalized spacial score (nSPS) is 19.8. The van der Waals surface area contributed by atoms with E-state index in [4.69, 9.17) is 4.74 Å². The molecule has 1 heterocycles. The molecular weight excluding hydrogens is 276 g/mol. The minimum atomic E-state index is 0. The summed E-state index contributed by atoms with van der Waals surface area (Å²) in [6.07, 6.45) is 0.454. The fourth-order valence-corrected chi connectivity index (χ4v) is 2.20. The first-order valence-electron chi connectivity index (χ1n) is 6.89. The van der Waals surface area contributed by atoms with Gasteiger partial charge in [0.15, 0.2) is 0 Å². The Labute approximate surface area is 126 Å². The molecule has 4 nitrogen and oxygen atoms in total. The minimum absolute atomic E-state index is 0. The minimum Gasteiger partial charge on any atom is -0.375 e. The van der Waals surface area contributed by atoms with Gasteiger partial charge in [0.25, 0.3) is 0 Å². The third-order valence-corrected chi connectivity index (χ3v) is 3.39. The number of rotatable bonds is 5. The third kappa shape index (κ3) is 5.49. The van der Waals surface area contributed by atoms with Gasteiger partial charge in [-0.2, -0.15) is 0 Å². The molecule has 0 saturated carbocycles. The van der Waals surface area contributed by atoms with Gasteiger partial charge in [0.1, 0.15) is 0 Å². The van der Waals surface area contributed by atoms with E-state index in [-0.39, 0.29) is 24.4 Å². The van der Waals surface area contributed by atoms with Crippen molar-refractivity contribution in [3.8, 4) is 0 Å². The summed E-state index contributed by atoms with van der Waals surface area (Å²) in [6, 6.07) is 10.2. The summed E-state index contributed by atoms with van der Waals surface area (Å²) < 4.78 is 5.52. The fourth-order valence-electron chi connectivity index (χ4n) is 2.20. The van der Waals surface area contributed by atoms with E-state index < -0.39 is 0 Å². The van der Waals surface area contributed by atoms with Crippen molar-refractivity contribution in [2.24, 2.45) is 0 Å². The highest BCUT2D eigenvalue weighted by Crippen LogP contribution is 2.13. The molecule has 0 aliphatic carbocycles. The van der Waals surface area contributed by atoms with Crippen molar-refractivity contribution >= 4 is 18.3 Å². The van der Waals surface area contributed by atoms with Crippen LogP contribution in [0.1, 0.15) is 24.8 Å². The summed E-state index contributed by atoms with van der Waals surface area (Å²) in [6.45, 7) is 5.13. The van der Waals surface area contributed by atoms with Gasteiger partial charge >= 0.3 is 0 Å². The van der Waals surface area contributed by atoms with Crippen LogP contribution in [-0.4, -0.2) is 38.3 Å². The molecule has 5 heteroatoms. The molecule has 2 unspecified atom stereocenters. The average Bonchev–Trinajstić information content (AvgIpc) is 2.47. The highest BCUT2D eigenvalue weighted by Gasteiger charge is 2.17. The van der Waals surface area contributed by atoms with E-state index in [1.165, 1.54) is 5.56 Å². The summed E-state index contributed by atoms with van der Waals surface area (Å²) in [5, 5.41) is 6.21. The molecule has 112 valence electrons. The van der Waals surface area contributed by atoms with Gasteiger partial charge < -0.3 is 15.4 Å². The lowest BCUT2D eigenvalue weighted by atomic mass is 10.0. The van der Waals surface area contributed by atoms with Gasteiger partial charge in [0, 0.05) is 19.6 Å². The number of hydrogen-bond acceptors (Lipinski definition) is 3. The highest BCUT2D eigenvalue weighted by molar-refractivity contribution is 5.85.